The van der Waals surface area contributed by atoms with Gasteiger partial charge in [0.05, 0.1) is 12.7 Å². The van der Waals surface area contributed by atoms with Gasteiger partial charge >= 0.3 is 0 Å². The summed E-state index contributed by atoms with van der Waals surface area (Å²) in [4.78, 5) is 19.7. The fourth-order valence-electron chi connectivity index (χ4n) is 3.75. The maximum atomic E-state index is 13.1. The van der Waals surface area contributed by atoms with Crippen LogP contribution in [0.2, 0.25) is 0 Å². The van der Waals surface area contributed by atoms with Gasteiger partial charge in [0.2, 0.25) is 0 Å². The summed E-state index contributed by atoms with van der Waals surface area (Å²) in [5, 5.41) is 3.87. The predicted octanol–water partition coefficient (Wildman–Crippen LogP) is 4.92. The molecule has 5 nitrogen and oxygen atoms in total. The van der Waals surface area contributed by atoms with Crippen molar-refractivity contribution >= 4 is 23.4 Å². The van der Waals surface area contributed by atoms with Gasteiger partial charge in [-0.1, -0.05) is 12.1 Å². The summed E-state index contributed by atoms with van der Waals surface area (Å²) in [5.41, 5.74) is 2.74. The number of anilines is 1. The zero-order valence-corrected chi connectivity index (χ0v) is 18.8. The van der Waals surface area contributed by atoms with Crippen molar-refractivity contribution in [3.8, 4) is 5.75 Å². The Morgan fingerprint density at radius 3 is 2.53 bits per heavy atom. The minimum atomic E-state index is -0.255. The Morgan fingerprint density at radius 1 is 1.12 bits per heavy atom. The third-order valence-electron chi connectivity index (χ3n) is 5.57. The first-order valence-electron chi connectivity index (χ1n) is 10.6. The predicted molar refractivity (Wildman–Crippen MR) is 126 cm³/mol. The molecule has 4 rings (SSSR count). The van der Waals surface area contributed by atoms with Crippen molar-refractivity contribution in [3.63, 3.8) is 0 Å². The minimum absolute atomic E-state index is 0.0948. The lowest BCUT2D eigenvalue weighted by Crippen LogP contribution is -2.44. The van der Waals surface area contributed by atoms with E-state index in [9.17, 15) is 9.18 Å². The lowest BCUT2D eigenvalue weighted by atomic mass is 10.0. The minimum Gasteiger partial charge on any atom is -0.497 e. The van der Waals surface area contributed by atoms with E-state index in [2.05, 4.69) is 27.3 Å². The number of carbonyl (C=O) groups excluding carboxylic acids is 1. The molecule has 1 fully saturated rings. The number of carbonyl (C=O) groups is 1. The molecule has 1 aliphatic rings. The monoisotopic (exact) mass is 451 g/mol. The highest BCUT2D eigenvalue weighted by atomic mass is 32.2. The molecule has 2 heterocycles. The molecule has 1 N–H and O–H groups in total. The van der Waals surface area contributed by atoms with Gasteiger partial charge in [0.1, 0.15) is 16.6 Å². The second-order valence-electron chi connectivity index (χ2n) is 7.70. The van der Waals surface area contributed by atoms with Crippen LogP contribution in [0.1, 0.15) is 28.8 Å². The first-order chi connectivity index (χ1) is 15.6. The van der Waals surface area contributed by atoms with Crippen LogP contribution in [0.25, 0.3) is 0 Å². The third-order valence-corrected chi connectivity index (χ3v) is 6.65. The van der Waals surface area contributed by atoms with Gasteiger partial charge in [-0.15, -0.1) is 11.8 Å². The second kappa shape index (κ2) is 10.5. The summed E-state index contributed by atoms with van der Waals surface area (Å²) in [6, 6.07) is 18.2. The SMILES string of the molecule is COc1ccc(N2CCC(NC(=O)c3cccnc3SCc3ccc(F)cc3)CC2)cc1. The number of halogens is 1. The summed E-state index contributed by atoms with van der Waals surface area (Å²) >= 11 is 1.48. The van der Waals surface area contributed by atoms with E-state index < -0.39 is 0 Å². The summed E-state index contributed by atoms with van der Waals surface area (Å²) in [6.07, 6.45) is 3.46. The second-order valence-corrected chi connectivity index (χ2v) is 8.67. The maximum Gasteiger partial charge on any atom is 0.254 e. The van der Waals surface area contributed by atoms with Gasteiger partial charge < -0.3 is 15.0 Å². The summed E-state index contributed by atoms with van der Waals surface area (Å²) in [5.74, 6) is 1.12. The molecule has 0 saturated carbocycles. The van der Waals surface area contributed by atoms with Gasteiger partial charge in [-0.3, -0.25) is 4.79 Å². The van der Waals surface area contributed by atoms with Gasteiger partial charge in [0, 0.05) is 36.8 Å². The Balaban J connectivity index is 1.32. The van der Waals surface area contributed by atoms with Crippen LogP contribution in [0.5, 0.6) is 5.75 Å². The molecule has 0 unspecified atom stereocenters. The number of rotatable bonds is 7. The number of aromatic nitrogens is 1. The van der Waals surface area contributed by atoms with Crippen LogP contribution in [0.3, 0.4) is 0 Å². The summed E-state index contributed by atoms with van der Waals surface area (Å²) in [6.45, 7) is 1.77. The quantitative estimate of drug-likeness (QED) is 0.517. The first kappa shape index (κ1) is 22.1. The molecule has 0 aliphatic carbocycles. The molecule has 166 valence electrons. The fourth-order valence-corrected chi connectivity index (χ4v) is 4.70. The van der Waals surface area contributed by atoms with Crippen LogP contribution in [-0.4, -0.2) is 37.1 Å². The van der Waals surface area contributed by atoms with Crippen molar-refractivity contribution in [1.29, 1.82) is 0 Å². The highest BCUT2D eigenvalue weighted by molar-refractivity contribution is 7.98. The molecule has 1 aliphatic heterocycles. The number of thioether (sulfide) groups is 1. The normalized spacial score (nSPS) is 14.2. The molecule has 7 heteroatoms. The van der Waals surface area contributed by atoms with Crippen LogP contribution < -0.4 is 15.0 Å². The Bertz CT molecular complexity index is 1040. The number of pyridine rings is 1. The molecular weight excluding hydrogens is 425 g/mol. The van der Waals surface area contributed by atoms with Gasteiger partial charge in [-0.2, -0.15) is 0 Å². The first-order valence-corrected chi connectivity index (χ1v) is 11.6. The molecule has 2 aromatic carbocycles. The number of piperidine rings is 1. The number of hydrogen-bond donors (Lipinski definition) is 1. The molecule has 0 atom stereocenters. The van der Waals surface area contributed by atoms with E-state index in [0.29, 0.717) is 16.3 Å². The topological polar surface area (TPSA) is 54.5 Å². The van der Waals surface area contributed by atoms with Gasteiger partial charge in [-0.05, 0) is 66.9 Å². The zero-order valence-electron chi connectivity index (χ0n) is 18.0. The van der Waals surface area contributed by atoms with Crippen molar-refractivity contribution < 1.29 is 13.9 Å². The highest BCUT2D eigenvalue weighted by Gasteiger charge is 2.23. The van der Waals surface area contributed by atoms with E-state index in [1.54, 1.807) is 31.5 Å². The van der Waals surface area contributed by atoms with Crippen molar-refractivity contribution in [1.82, 2.24) is 10.3 Å². The molecular formula is C25H26FN3O2S. The molecule has 0 spiro atoms. The van der Waals surface area contributed by atoms with E-state index in [0.717, 1.165) is 37.2 Å². The van der Waals surface area contributed by atoms with Crippen molar-refractivity contribution in [2.24, 2.45) is 0 Å². The van der Waals surface area contributed by atoms with Crippen LogP contribution in [0, 0.1) is 5.82 Å². The molecule has 32 heavy (non-hydrogen) atoms. The average Bonchev–Trinajstić information content (AvgIpc) is 2.84. The Morgan fingerprint density at radius 2 is 1.84 bits per heavy atom. The van der Waals surface area contributed by atoms with Gasteiger partial charge in [0.25, 0.3) is 5.91 Å². The van der Waals surface area contributed by atoms with E-state index in [1.807, 2.05) is 18.2 Å². The number of ether oxygens (including phenoxy) is 1. The van der Waals surface area contributed by atoms with Crippen molar-refractivity contribution in [2.75, 3.05) is 25.1 Å². The number of nitrogens with one attached hydrogen (secondary N) is 1. The van der Waals surface area contributed by atoms with Gasteiger partial charge in [0.15, 0.2) is 0 Å². The Labute approximate surface area is 192 Å². The number of nitrogens with zero attached hydrogens (tertiary/aromatic N) is 2. The molecule has 1 saturated heterocycles. The van der Waals surface area contributed by atoms with E-state index in [4.69, 9.17) is 4.74 Å². The van der Waals surface area contributed by atoms with Gasteiger partial charge in [-0.25, -0.2) is 9.37 Å². The van der Waals surface area contributed by atoms with E-state index in [-0.39, 0.29) is 17.8 Å². The Hall–Kier alpha value is -3.06. The number of benzene rings is 2. The van der Waals surface area contributed by atoms with Crippen molar-refractivity contribution in [3.05, 3.63) is 83.8 Å². The molecule has 1 amide bonds. The van der Waals surface area contributed by atoms with Crippen LogP contribution >= 0.6 is 11.8 Å². The Kier molecular flexibility index (Phi) is 7.27. The molecule has 3 aromatic rings. The van der Waals surface area contributed by atoms with Crippen LogP contribution in [-0.2, 0) is 5.75 Å². The maximum absolute atomic E-state index is 13.1. The smallest absolute Gasteiger partial charge is 0.254 e. The number of hydrogen-bond acceptors (Lipinski definition) is 5. The highest BCUT2D eigenvalue weighted by Crippen LogP contribution is 2.26. The average molecular weight is 452 g/mol. The molecule has 0 bridgehead atoms. The largest absolute Gasteiger partial charge is 0.497 e. The lowest BCUT2D eigenvalue weighted by molar-refractivity contribution is 0.0927. The molecule has 0 radical (unpaired) electrons. The molecule has 1 aromatic heterocycles. The van der Waals surface area contributed by atoms with Crippen molar-refractivity contribution in [2.45, 2.75) is 29.7 Å². The van der Waals surface area contributed by atoms with Crippen LogP contribution in [0.4, 0.5) is 10.1 Å². The number of amides is 1. The summed E-state index contributed by atoms with van der Waals surface area (Å²) in [7, 11) is 1.66. The van der Waals surface area contributed by atoms with E-state index >= 15 is 0 Å². The third kappa shape index (κ3) is 5.59. The fraction of sp³-hybridized carbons (Fsp3) is 0.280. The summed E-state index contributed by atoms with van der Waals surface area (Å²) < 4.78 is 18.3. The zero-order chi connectivity index (χ0) is 22.3. The van der Waals surface area contributed by atoms with E-state index in [1.165, 1.54) is 29.6 Å². The standard InChI is InChI=1S/C25H26FN3O2S/c1-31-22-10-8-21(9-11-22)29-15-12-20(13-16-29)28-24(30)23-3-2-14-27-25(23)32-17-18-4-6-19(26)7-5-18/h2-11,14,20H,12-13,15-17H2,1H3,(H,28,30). The number of methoxy groups -OCH3 is 1. The lowest BCUT2D eigenvalue weighted by Gasteiger charge is -2.34. The van der Waals surface area contributed by atoms with Crippen LogP contribution in [0.15, 0.2) is 71.9 Å².